The van der Waals surface area contributed by atoms with Gasteiger partial charge in [-0.3, -0.25) is 9.36 Å². The first kappa shape index (κ1) is 18.8. The maximum atomic E-state index is 13.2. The van der Waals surface area contributed by atoms with Crippen LogP contribution in [-0.2, 0) is 9.53 Å². The van der Waals surface area contributed by atoms with Gasteiger partial charge in [0.15, 0.2) is 4.80 Å². The van der Waals surface area contributed by atoms with Crippen molar-refractivity contribution < 1.29 is 9.53 Å². The summed E-state index contributed by atoms with van der Waals surface area (Å²) in [7, 11) is 0. The summed E-state index contributed by atoms with van der Waals surface area (Å²) in [4.78, 5) is 33.0. The van der Waals surface area contributed by atoms with Crippen LogP contribution in [0.25, 0.3) is 6.08 Å². The summed E-state index contributed by atoms with van der Waals surface area (Å²) in [5.74, 6) is -0.480. The van der Waals surface area contributed by atoms with E-state index in [1.165, 1.54) is 28.7 Å². The lowest BCUT2D eigenvalue weighted by molar-refractivity contribution is -0.138. The van der Waals surface area contributed by atoms with Gasteiger partial charge in [0.1, 0.15) is 12.6 Å². The second kappa shape index (κ2) is 7.83. The highest BCUT2D eigenvalue weighted by Crippen LogP contribution is 2.33. The highest BCUT2D eigenvalue weighted by Gasteiger charge is 2.33. The number of allylic oxidation sites excluding steroid dienone is 1. The minimum atomic E-state index is -0.543. The van der Waals surface area contributed by atoms with Crippen LogP contribution in [0.4, 0.5) is 0 Å². The molecular weight excluding hydrogens is 412 g/mol. The highest BCUT2D eigenvalue weighted by molar-refractivity contribution is 7.11. The first-order chi connectivity index (χ1) is 13.6. The molecule has 5 nitrogen and oxygen atoms in total. The first-order valence-electron chi connectivity index (χ1n) is 8.47. The maximum absolute atomic E-state index is 13.2. The average molecular weight is 429 g/mol. The van der Waals surface area contributed by atoms with Crippen molar-refractivity contribution in [1.82, 2.24) is 4.57 Å². The molecule has 0 N–H and O–H groups in total. The maximum Gasteiger partial charge on any atom is 0.338 e. The number of rotatable bonds is 5. The predicted octanol–water partition coefficient (Wildman–Crippen LogP) is 3.09. The fourth-order valence-corrected chi connectivity index (χ4v) is 5.61. The predicted molar refractivity (Wildman–Crippen MR) is 114 cm³/mol. The molecule has 0 radical (unpaired) electrons. The summed E-state index contributed by atoms with van der Waals surface area (Å²) in [5.41, 5.74) is 0.799. The first-order valence-corrected chi connectivity index (χ1v) is 11.0. The molecule has 0 saturated heterocycles. The van der Waals surface area contributed by atoms with Gasteiger partial charge in [-0.1, -0.05) is 36.1 Å². The van der Waals surface area contributed by atoms with Crippen LogP contribution in [0.3, 0.4) is 0 Å². The van der Waals surface area contributed by atoms with Crippen LogP contribution in [-0.4, -0.2) is 17.1 Å². The van der Waals surface area contributed by atoms with Gasteiger partial charge in [0.05, 0.1) is 15.8 Å². The number of nitrogens with zero attached hydrogens (tertiary/aromatic N) is 2. The van der Waals surface area contributed by atoms with Gasteiger partial charge in [-0.25, -0.2) is 9.79 Å². The van der Waals surface area contributed by atoms with Gasteiger partial charge >= 0.3 is 5.97 Å². The van der Waals surface area contributed by atoms with Gasteiger partial charge in [0, 0.05) is 9.75 Å². The molecule has 3 aromatic heterocycles. The van der Waals surface area contributed by atoms with Gasteiger partial charge < -0.3 is 4.74 Å². The third-order valence-electron chi connectivity index (χ3n) is 4.20. The number of esters is 1. The zero-order chi connectivity index (χ0) is 19.7. The number of hydrogen-bond acceptors (Lipinski definition) is 7. The van der Waals surface area contributed by atoms with Crippen LogP contribution in [0.2, 0.25) is 0 Å². The van der Waals surface area contributed by atoms with Gasteiger partial charge in [0.2, 0.25) is 0 Å². The molecule has 28 heavy (non-hydrogen) atoms. The molecule has 0 amide bonds. The van der Waals surface area contributed by atoms with Crippen molar-refractivity contribution in [1.29, 1.82) is 0 Å². The topological polar surface area (TPSA) is 60.7 Å². The Morgan fingerprint density at radius 1 is 1.32 bits per heavy atom. The zero-order valence-electron chi connectivity index (χ0n) is 15.0. The van der Waals surface area contributed by atoms with E-state index in [0.717, 1.165) is 9.75 Å². The number of thiazole rings is 1. The van der Waals surface area contributed by atoms with E-state index in [-0.39, 0.29) is 12.2 Å². The number of carbonyl (C=O) groups is 1. The van der Waals surface area contributed by atoms with E-state index in [2.05, 4.69) is 11.6 Å². The van der Waals surface area contributed by atoms with Crippen molar-refractivity contribution in [3.05, 3.63) is 88.4 Å². The largest absolute Gasteiger partial charge is 0.458 e. The molecule has 0 saturated carbocycles. The zero-order valence-corrected chi connectivity index (χ0v) is 17.4. The van der Waals surface area contributed by atoms with E-state index in [1.807, 2.05) is 41.1 Å². The average Bonchev–Trinajstić information content (AvgIpc) is 3.42. The third-order valence-corrected chi connectivity index (χ3v) is 6.93. The molecule has 0 aliphatic carbocycles. The number of carbonyl (C=O) groups excluding carboxylic acids is 1. The molecule has 1 aliphatic heterocycles. The highest BCUT2D eigenvalue weighted by atomic mass is 32.1. The Labute approximate surface area is 172 Å². The lowest BCUT2D eigenvalue weighted by Gasteiger charge is -2.23. The number of aromatic nitrogens is 1. The van der Waals surface area contributed by atoms with Crippen LogP contribution >= 0.6 is 34.0 Å². The summed E-state index contributed by atoms with van der Waals surface area (Å²) in [5, 5.41) is 3.90. The van der Waals surface area contributed by atoms with Crippen molar-refractivity contribution >= 4 is 46.1 Å². The molecule has 8 heteroatoms. The van der Waals surface area contributed by atoms with Gasteiger partial charge in [-0.05, 0) is 35.9 Å². The standard InChI is InChI=1S/C20H16N2O3S3/c1-3-8-25-19(24)16-12(2)21-20-22(17(16)14-7-5-10-27-14)18(23)15(28-20)11-13-6-4-9-26-13/h3-7,9-11,17H,1,8H2,2H3/t17-/m0/s1. The Kier molecular flexibility index (Phi) is 5.25. The van der Waals surface area contributed by atoms with Crippen molar-refractivity contribution in [3.63, 3.8) is 0 Å². The lowest BCUT2D eigenvalue weighted by atomic mass is 10.0. The van der Waals surface area contributed by atoms with E-state index in [9.17, 15) is 9.59 Å². The summed E-state index contributed by atoms with van der Waals surface area (Å²) in [6.07, 6.45) is 3.39. The van der Waals surface area contributed by atoms with Crippen LogP contribution in [0.15, 0.2) is 68.7 Å². The molecule has 0 spiro atoms. The quantitative estimate of drug-likeness (QED) is 0.464. The van der Waals surface area contributed by atoms with E-state index < -0.39 is 12.0 Å². The van der Waals surface area contributed by atoms with Gasteiger partial charge in [-0.15, -0.1) is 22.7 Å². The molecule has 0 fully saturated rings. The molecule has 0 aromatic carbocycles. The van der Waals surface area contributed by atoms with Crippen molar-refractivity contribution in [3.8, 4) is 0 Å². The molecule has 0 unspecified atom stereocenters. The van der Waals surface area contributed by atoms with Crippen LogP contribution in [0.5, 0.6) is 0 Å². The van der Waals surface area contributed by atoms with Crippen molar-refractivity contribution in [2.75, 3.05) is 6.61 Å². The minimum Gasteiger partial charge on any atom is -0.458 e. The Hall–Kier alpha value is -2.55. The van der Waals surface area contributed by atoms with Crippen molar-refractivity contribution in [2.45, 2.75) is 13.0 Å². The second-order valence-electron chi connectivity index (χ2n) is 6.00. The van der Waals surface area contributed by atoms with Crippen LogP contribution in [0.1, 0.15) is 22.7 Å². The number of hydrogen-bond donors (Lipinski definition) is 0. The number of thiophene rings is 2. The summed E-state index contributed by atoms with van der Waals surface area (Å²) < 4.78 is 7.49. The summed E-state index contributed by atoms with van der Waals surface area (Å²) >= 11 is 4.40. The molecule has 3 aromatic rings. The van der Waals surface area contributed by atoms with E-state index in [0.29, 0.717) is 20.6 Å². The molecule has 1 aliphatic rings. The Balaban J connectivity index is 1.92. The minimum absolute atomic E-state index is 0.107. The summed E-state index contributed by atoms with van der Waals surface area (Å²) in [6, 6.07) is 7.19. The fourth-order valence-electron chi connectivity index (χ4n) is 3.01. The van der Waals surface area contributed by atoms with Gasteiger partial charge in [-0.2, -0.15) is 0 Å². The van der Waals surface area contributed by atoms with E-state index in [4.69, 9.17) is 4.74 Å². The number of ether oxygens (including phenoxy) is 1. The molecule has 142 valence electrons. The molecule has 1 atom stereocenters. The SMILES string of the molecule is C=CCOC(=O)C1=C(C)N=c2sc(=Cc3cccs3)c(=O)n2[C@H]1c1cccs1. The van der Waals surface area contributed by atoms with Crippen molar-refractivity contribution in [2.24, 2.45) is 4.99 Å². The second-order valence-corrected chi connectivity index (χ2v) is 8.97. The fraction of sp³-hybridized carbons (Fsp3) is 0.150. The van der Waals surface area contributed by atoms with E-state index in [1.54, 1.807) is 22.8 Å². The molecule has 4 heterocycles. The smallest absolute Gasteiger partial charge is 0.338 e. The Morgan fingerprint density at radius 3 is 2.79 bits per heavy atom. The van der Waals surface area contributed by atoms with Gasteiger partial charge in [0.25, 0.3) is 5.56 Å². The van der Waals surface area contributed by atoms with E-state index >= 15 is 0 Å². The normalized spacial score (nSPS) is 16.6. The Bertz CT molecular complexity index is 1230. The Morgan fingerprint density at radius 2 is 2.11 bits per heavy atom. The third kappa shape index (κ3) is 3.34. The lowest BCUT2D eigenvalue weighted by Crippen LogP contribution is -2.39. The molecule has 0 bridgehead atoms. The van der Waals surface area contributed by atoms with Crippen LogP contribution in [0, 0.1) is 0 Å². The van der Waals surface area contributed by atoms with Crippen LogP contribution < -0.4 is 14.9 Å². The number of fused-ring (bicyclic) bond motifs is 1. The summed E-state index contributed by atoms with van der Waals surface area (Å²) in [6.45, 7) is 5.47. The monoisotopic (exact) mass is 428 g/mol. The molecular formula is C20H16N2O3S3. The molecule has 4 rings (SSSR count).